The molecule has 1 aliphatic rings. The molecule has 0 spiro atoms. The molecule has 1 heterocycles. The Morgan fingerprint density at radius 2 is 1.66 bits per heavy atom. The lowest BCUT2D eigenvalue weighted by Crippen LogP contribution is -2.43. The number of amides is 3. The summed E-state index contributed by atoms with van der Waals surface area (Å²) in [7, 11) is 3.20. The molecule has 7 heteroatoms. The van der Waals surface area contributed by atoms with Gasteiger partial charge in [-0.3, -0.25) is 4.79 Å². The Bertz CT molecular complexity index is 906. The van der Waals surface area contributed by atoms with Crippen molar-refractivity contribution in [3.05, 3.63) is 52.6 Å². The molecule has 0 aliphatic carbocycles. The average Bonchev–Trinajstić information content (AvgIpc) is 2.73. The number of hydrogen-bond donors (Lipinski definition) is 2. The average molecular weight is 397 g/mol. The fourth-order valence-electron chi connectivity index (χ4n) is 3.53. The van der Waals surface area contributed by atoms with Crippen molar-refractivity contribution in [1.82, 2.24) is 10.2 Å². The number of methoxy groups -OCH3 is 2. The fourth-order valence-corrected chi connectivity index (χ4v) is 3.53. The number of para-hydroxylation sites is 1. The third kappa shape index (κ3) is 4.62. The van der Waals surface area contributed by atoms with Crippen LogP contribution in [0.4, 0.5) is 10.5 Å². The lowest BCUT2D eigenvalue weighted by Gasteiger charge is -2.29. The summed E-state index contributed by atoms with van der Waals surface area (Å²) < 4.78 is 10.7. The minimum Gasteiger partial charge on any atom is -0.493 e. The SMILES string of the molecule is COc1cc2c(cc1OC)CN(C(=O)CNC(=O)Nc1c(C)cccc1C)CC2. The molecule has 0 atom stereocenters. The van der Waals surface area contributed by atoms with Gasteiger partial charge >= 0.3 is 6.03 Å². The van der Waals surface area contributed by atoms with Crippen LogP contribution < -0.4 is 20.1 Å². The van der Waals surface area contributed by atoms with Gasteiger partial charge in [0.1, 0.15) is 0 Å². The van der Waals surface area contributed by atoms with Gasteiger partial charge in [0.25, 0.3) is 0 Å². The largest absolute Gasteiger partial charge is 0.493 e. The highest BCUT2D eigenvalue weighted by Gasteiger charge is 2.23. The monoisotopic (exact) mass is 397 g/mol. The topological polar surface area (TPSA) is 79.9 Å². The van der Waals surface area contributed by atoms with Crippen molar-refractivity contribution < 1.29 is 19.1 Å². The molecule has 0 saturated carbocycles. The molecule has 0 fully saturated rings. The first-order chi connectivity index (χ1) is 13.9. The summed E-state index contributed by atoms with van der Waals surface area (Å²) in [5.41, 5.74) is 4.90. The summed E-state index contributed by atoms with van der Waals surface area (Å²) in [6.45, 7) is 4.89. The van der Waals surface area contributed by atoms with E-state index in [1.807, 2.05) is 44.2 Å². The smallest absolute Gasteiger partial charge is 0.319 e. The number of nitrogens with zero attached hydrogens (tertiary/aromatic N) is 1. The molecule has 0 aromatic heterocycles. The van der Waals surface area contributed by atoms with E-state index in [0.717, 1.165) is 34.4 Å². The number of urea groups is 1. The summed E-state index contributed by atoms with van der Waals surface area (Å²) in [5.74, 6) is 1.21. The van der Waals surface area contributed by atoms with E-state index < -0.39 is 0 Å². The highest BCUT2D eigenvalue weighted by Crippen LogP contribution is 2.33. The molecule has 3 amide bonds. The lowest BCUT2D eigenvalue weighted by molar-refractivity contribution is -0.130. The van der Waals surface area contributed by atoms with Gasteiger partial charge in [0, 0.05) is 18.8 Å². The van der Waals surface area contributed by atoms with Crippen molar-refractivity contribution in [2.45, 2.75) is 26.8 Å². The second kappa shape index (κ2) is 8.86. The van der Waals surface area contributed by atoms with Crippen LogP contribution in [0.25, 0.3) is 0 Å². The molecule has 0 bridgehead atoms. The maximum absolute atomic E-state index is 12.6. The Morgan fingerprint density at radius 1 is 1.03 bits per heavy atom. The summed E-state index contributed by atoms with van der Waals surface area (Å²) >= 11 is 0. The molecule has 0 saturated heterocycles. The first kappa shape index (κ1) is 20.5. The van der Waals surface area contributed by atoms with Crippen molar-refractivity contribution in [2.24, 2.45) is 0 Å². The standard InChI is InChI=1S/C22H27N3O4/c1-14-6-5-7-15(2)21(14)24-22(27)23-12-20(26)25-9-8-16-10-18(28-3)19(29-4)11-17(16)13-25/h5-7,10-11H,8-9,12-13H2,1-4H3,(H2,23,24,27). The number of benzene rings is 2. The van der Waals surface area contributed by atoms with Crippen molar-refractivity contribution >= 4 is 17.6 Å². The second-order valence-electron chi connectivity index (χ2n) is 7.12. The van der Waals surface area contributed by atoms with E-state index in [1.54, 1.807) is 19.1 Å². The van der Waals surface area contributed by atoms with Gasteiger partial charge in [0.2, 0.25) is 5.91 Å². The van der Waals surface area contributed by atoms with Crippen LogP contribution in [0.3, 0.4) is 0 Å². The van der Waals surface area contributed by atoms with Crippen molar-refractivity contribution in [1.29, 1.82) is 0 Å². The van der Waals surface area contributed by atoms with Crippen LogP contribution in [0.5, 0.6) is 11.5 Å². The fraction of sp³-hybridized carbons (Fsp3) is 0.364. The molecular weight excluding hydrogens is 370 g/mol. The second-order valence-corrected chi connectivity index (χ2v) is 7.12. The number of ether oxygens (including phenoxy) is 2. The maximum Gasteiger partial charge on any atom is 0.319 e. The van der Waals surface area contributed by atoms with E-state index in [-0.39, 0.29) is 18.5 Å². The third-order valence-electron chi connectivity index (χ3n) is 5.19. The van der Waals surface area contributed by atoms with Crippen molar-refractivity contribution in [2.75, 3.05) is 32.6 Å². The van der Waals surface area contributed by atoms with Crippen molar-refractivity contribution in [3.8, 4) is 11.5 Å². The zero-order chi connectivity index (χ0) is 21.0. The highest BCUT2D eigenvalue weighted by molar-refractivity contribution is 5.93. The van der Waals surface area contributed by atoms with E-state index in [2.05, 4.69) is 10.6 Å². The maximum atomic E-state index is 12.6. The number of fused-ring (bicyclic) bond motifs is 1. The Hall–Kier alpha value is -3.22. The minimum absolute atomic E-state index is 0.0562. The summed E-state index contributed by atoms with van der Waals surface area (Å²) in [5, 5.41) is 5.49. The van der Waals surface area contributed by atoms with Crippen LogP contribution in [-0.4, -0.2) is 44.1 Å². The van der Waals surface area contributed by atoms with Crippen LogP contribution in [-0.2, 0) is 17.8 Å². The van der Waals surface area contributed by atoms with Crippen LogP contribution in [0, 0.1) is 13.8 Å². The van der Waals surface area contributed by atoms with Crippen LogP contribution >= 0.6 is 0 Å². The lowest BCUT2D eigenvalue weighted by atomic mass is 9.98. The van der Waals surface area contributed by atoms with Gasteiger partial charge in [-0.1, -0.05) is 18.2 Å². The number of nitrogens with one attached hydrogen (secondary N) is 2. The molecular formula is C22H27N3O4. The summed E-state index contributed by atoms with van der Waals surface area (Å²) in [4.78, 5) is 26.6. The number of rotatable bonds is 5. The predicted octanol–water partition coefficient (Wildman–Crippen LogP) is 3.03. The normalized spacial score (nSPS) is 12.8. The number of anilines is 1. The molecule has 3 rings (SSSR count). The van der Waals surface area contributed by atoms with Gasteiger partial charge in [-0.15, -0.1) is 0 Å². The Labute approximate surface area is 171 Å². The van der Waals surface area contributed by atoms with Gasteiger partial charge in [-0.2, -0.15) is 0 Å². The van der Waals surface area contributed by atoms with Crippen LogP contribution in [0.1, 0.15) is 22.3 Å². The molecule has 2 aromatic carbocycles. The Morgan fingerprint density at radius 3 is 2.28 bits per heavy atom. The first-order valence-corrected chi connectivity index (χ1v) is 9.55. The van der Waals surface area contributed by atoms with Gasteiger partial charge < -0.3 is 25.0 Å². The van der Waals surface area contributed by atoms with Crippen LogP contribution in [0.2, 0.25) is 0 Å². The van der Waals surface area contributed by atoms with E-state index in [9.17, 15) is 9.59 Å². The quantitative estimate of drug-likeness (QED) is 0.813. The molecule has 0 radical (unpaired) electrons. The molecule has 2 aromatic rings. The number of aryl methyl sites for hydroxylation is 2. The van der Waals surface area contributed by atoms with Gasteiger partial charge in [0.15, 0.2) is 11.5 Å². The highest BCUT2D eigenvalue weighted by atomic mass is 16.5. The van der Waals surface area contributed by atoms with Crippen molar-refractivity contribution in [3.63, 3.8) is 0 Å². The van der Waals surface area contributed by atoms with E-state index in [4.69, 9.17) is 9.47 Å². The number of carbonyl (C=O) groups is 2. The number of carbonyl (C=O) groups excluding carboxylic acids is 2. The van der Waals surface area contributed by atoms with E-state index >= 15 is 0 Å². The minimum atomic E-state index is -0.389. The summed E-state index contributed by atoms with van der Waals surface area (Å²) in [6, 6.07) is 9.29. The van der Waals surface area contributed by atoms with Gasteiger partial charge in [-0.25, -0.2) is 4.79 Å². The van der Waals surface area contributed by atoms with Crippen LogP contribution in [0.15, 0.2) is 30.3 Å². The molecule has 2 N–H and O–H groups in total. The third-order valence-corrected chi connectivity index (χ3v) is 5.19. The zero-order valence-corrected chi connectivity index (χ0v) is 17.3. The first-order valence-electron chi connectivity index (χ1n) is 9.55. The van der Waals surface area contributed by atoms with E-state index in [1.165, 1.54) is 0 Å². The molecule has 7 nitrogen and oxygen atoms in total. The Kier molecular flexibility index (Phi) is 6.26. The van der Waals surface area contributed by atoms with Gasteiger partial charge in [-0.05, 0) is 54.7 Å². The molecule has 154 valence electrons. The zero-order valence-electron chi connectivity index (χ0n) is 17.3. The molecule has 29 heavy (non-hydrogen) atoms. The van der Waals surface area contributed by atoms with E-state index in [0.29, 0.717) is 24.6 Å². The predicted molar refractivity (Wildman–Crippen MR) is 112 cm³/mol. The molecule has 0 unspecified atom stereocenters. The Balaban J connectivity index is 1.59. The summed E-state index contributed by atoms with van der Waals surface area (Å²) in [6.07, 6.45) is 0.732. The number of hydrogen-bond acceptors (Lipinski definition) is 4. The molecule has 1 aliphatic heterocycles. The van der Waals surface area contributed by atoms with Gasteiger partial charge in [0.05, 0.1) is 20.8 Å².